The summed E-state index contributed by atoms with van der Waals surface area (Å²) in [4.78, 5) is 25.5. The Morgan fingerprint density at radius 3 is 2.41 bits per heavy atom. The minimum atomic E-state index is -0.814. The summed E-state index contributed by atoms with van der Waals surface area (Å²) in [5, 5.41) is 0. The third kappa shape index (κ3) is 4.73. The van der Waals surface area contributed by atoms with Gasteiger partial charge in [-0.1, -0.05) is 6.08 Å². The van der Waals surface area contributed by atoms with Crippen LogP contribution >= 0.6 is 0 Å². The molecule has 1 rings (SSSR count). The lowest BCUT2D eigenvalue weighted by molar-refractivity contribution is -0.137. The molecule has 1 aliphatic rings. The molecule has 0 spiro atoms. The molecule has 1 heterocycles. The van der Waals surface area contributed by atoms with E-state index in [1.54, 1.807) is 26.8 Å². The highest BCUT2D eigenvalue weighted by Crippen LogP contribution is 2.34. The summed E-state index contributed by atoms with van der Waals surface area (Å²) < 4.78 is 16.1. The summed E-state index contributed by atoms with van der Waals surface area (Å²) in [6, 6.07) is -0.394. The number of carbonyl (C=O) groups is 2. The molecule has 126 valence electrons. The molecule has 1 saturated heterocycles. The number of carbonyl (C=O) groups excluding carboxylic acids is 2. The number of ether oxygens (including phenoxy) is 3. The number of rotatable bonds is 3. The van der Waals surface area contributed by atoms with Crippen LogP contribution in [0, 0.1) is 0 Å². The Morgan fingerprint density at radius 1 is 1.32 bits per heavy atom. The Labute approximate surface area is 132 Å². The van der Waals surface area contributed by atoms with Crippen LogP contribution in [0.3, 0.4) is 0 Å². The molecule has 1 amide bonds. The highest BCUT2D eigenvalue weighted by molar-refractivity contribution is 5.82. The van der Waals surface area contributed by atoms with Gasteiger partial charge >= 0.3 is 12.1 Å². The topological polar surface area (TPSA) is 65.1 Å². The third-order valence-corrected chi connectivity index (χ3v) is 3.14. The molecular weight excluding hydrogens is 286 g/mol. The molecule has 0 aromatic heterocycles. The first kappa shape index (κ1) is 18.5. The lowest BCUT2D eigenvalue weighted by atomic mass is 10.1. The summed E-state index contributed by atoms with van der Waals surface area (Å²) in [5.41, 5.74) is -1.42. The molecule has 6 nitrogen and oxygen atoms in total. The Kier molecular flexibility index (Phi) is 5.62. The molecule has 0 aromatic rings. The average molecular weight is 313 g/mol. The van der Waals surface area contributed by atoms with E-state index in [0.717, 1.165) is 0 Å². The van der Waals surface area contributed by atoms with Crippen LogP contribution < -0.4 is 0 Å². The van der Waals surface area contributed by atoms with E-state index in [1.165, 1.54) is 11.0 Å². The van der Waals surface area contributed by atoms with E-state index in [9.17, 15) is 9.59 Å². The highest BCUT2D eigenvalue weighted by Gasteiger charge is 2.48. The van der Waals surface area contributed by atoms with Crippen LogP contribution in [0.25, 0.3) is 0 Å². The van der Waals surface area contributed by atoms with E-state index >= 15 is 0 Å². The Bertz CT molecular complexity index is 450. The molecule has 1 aliphatic heterocycles. The lowest BCUT2D eigenvalue weighted by Crippen LogP contribution is -2.49. The Morgan fingerprint density at radius 2 is 1.91 bits per heavy atom. The molecule has 0 radical (unpaired) electrons. The van der Waals surface area contributed by atoms with E-state index in [2.05, 4.69) is 0 Å². The Hall–Kier alpha value is -1.56. The van der Waals surface area contributed by atoms with Crippen molar-refractivity contribution in [3.8, 4) is 0 Å². The molecule has 0 N–H and O–H groups in total. The number of nitrogens with zero attached hydrogens (tertiary/aromatic N) is 1. The van der Waals surface area contributed by atoms with Crippen LogP contribution in [0.5, 0.6) is 0 Å². The number of amides is 1. The summed E-state index contributed by atoms with van der Waals surface area (Å²) in [6.07, 6.45) is 2.22. The molecule has 0 saturated carbocycles. The van der Waals surface area contributed by atoms with Gasteiger partial charge in [0, 0.05) is 6.08 Å². The largest absolute Gasteiger partial charge is 0.463 e. The van der Waals surface area contributed by atoms with Crippen molar-refractivity contribution in [1.29, 1.82) is 0 Å². The van der Waals surface area contributed by atoms with Crippen molar-refractivity contribution in [2.24, 2.45) is 0 Å². The van der Waals surface area contributed by atoms with Gasteiger partial charge in [-0.2, -0.15) is 0 Å². The zero-order valence-corrected chi connectivity index (χ0v) is 14.5. The smallest absolute Gasteiger partial charge is 0.413 e. The average Bonchev–Trinajstić information content (AvgIpc) is 2.53. The summed E-state index contributed by atoms with van der Waals surface area (Å²) in [5.74, 6) is -0.441. The Balaban J connectivity index is 2.97. The molecule has 0 bridgehead atoms. The van der Waals surface area contributed by atoms with Gasteiger partial charge in [-0.05, 0) is 48.5 Å². The van der Waals surface area contributed by atoms with Crippen molar-refractivity contribution < 1.29 is 23.8 Å². The van der Waals surface area contributed by atoms with Gasteiger partial charge in [0.2, 0.25) is 0 Å². The SMILES string of the molecule is CCOC(=O)/C=C/[C@@H]1[C@@H](C)OC(C)(C)N1C(=O)OC(C)(C)C. The van der Waals surface area contributed by atoms with Crippen LogP contribution in [0.15, 0.2) is 12.2 Å². The summed E-state index contributed by atoms with van der Waals surface area (Å²) >= 11 is 0. The first-order chi connectivity index (χ1) is 9.98. The van der Waals surface area contributed by atoms with Gasteiger partial charge in [0.05, 0.1) is 18.8 Å². The minimum Gasteiger partial charge on any atom is -0.463 e. The minimum absolute atomic E-state index is 0.256. The van der Waals surface area contributed by atoms with Gasteiger partial charge in [-0.25, -0.2) is 9.59 Å². The number of esters is 1. The second kappa shape index (κ2) is 6.69. The van der Waals surface area contributed by atoms with Gasteiger partial charge in [-0.3, -0.25) is 4.90 Å². The predicted molar refractivity (Wildman–Crippen MR) is 82.3 cm³/mol. The predicted octanol–water partition coefficient (Wildman–Crippen LogP) is 2.87. The number of hydrogen-bond donors (Lipinski definition) is 0. The van der Waals surface area contributed by atoms with E-state index < -0.39 is 29.4 Å². The molecular formula is C16H27NO5. The monoisotopic (exact) mass is 313 g/mol. The van der Waals surface area contributed by atoms with Crippen molar-refractivity contribution in [1.82, 2.24) is 4.90 Å². The second-order valence-electron chi connectivity index (χ2n) is 6.72. The van der Waals surface area contributed by atoms with Crippen molar-refractivity contribution >= 4 is 12.1 Å². The highest BCUT2D eigenvalue weighted by atomic mass is 16.6. The molecule has 0 aromatic carbocycles. The van der Waals surface area contributed by atoms with Crippen molar-refractivity contribution in [3.63, 3.8) is 0 Å². The van der Waals surface area contributed by atoms with E-state index in [0.29, 0.717) is 6.61 Å². The fourth-order valence-corrected chi connectivity index (χ4v) is 2.41. The maximum Gasteiger partial charge on any atom is 0.413 e. The maximum atomic E-state index is 12.5. The molecule has 0 aliphatic carbocycles. The van der Waals surface area contributed by atoms with Crippen molar-refractivity contribution in [3.05, 3.63) is 12.2 Å². The van der Waals surface area contributed by atoms with E-state index in [-0.39, 0.29) is 6.10 Å². The third-order valence-electron chi connectivity index (χ3n) is 3.14. The van der Waals surface area contributed by atoms with Crippen LogP contribution in [0.4, 0.5) is 4.79 Å². The molecule has 6 heteroatoms. The molecule has 22 heavy (non-hydrogen) atoms. The van der Waals surface area contributed by atoms with Crippen LogP contribution in [0.2, 0.25) is 0 Å². The van der Waals surface area contributed by atoms with Crippen LogP contribution in [-0.4, -0.2) is 47.0 Å². The zero-order chi connectivity index (χ0) is 17.1. The van der Waals surface area contributed by atoms with Crippen molar-refractivity contribution in [2.45, 2.75) is 71.9 Å². The summed E-state index contributed by atoms with van der Waals surface area (Å²) in [6.45, 7) is 12.9. The molecule has 2 atom stereocenters. The van der Waals surface area contributed by atoms with Crippen LogP contribution in [0.1, 0.15) is 48.5 Å². The first-order valence-electron chi connectivity index (χ1n) is 7.53. The summed E-state index contributed by atoms with van der Waals surface area (Å²) in [7, 11) is 0. The maximum absolute atomic E-state index is 12.5. The van der Waals surface area contributed by atoms with Gasteiger partial charge < -0.3 is 14.2 Å². The molecule has 0 unspecified atom stereocenters. The quantitative estimate of drug-likeness (QED) is 0.592. The van der Waals surface area contributed by atoms with E-state index in [4.69, 9.17) is 14.2 Å². The number of hydrogen-bond acceptors (Lipinski definition) is 5. The van der Waals surface area contributed by atoms with Crippen molar-refractivity contribution in [2.75, 3.05) is 6.61 Å². The first-order valence-corrected chi connectivity index (χ1v) is 7.53. The van der Waals surface area contributed by atoms with Gasteiger partial charge in [-0.15, -0.1) is 0 Å². The zero-order valence-electron chi connectivity index (χ0n) is 14.5. The standard InChI is InChI=1S/C16H27NO5/c1-8-20-13(18)10-9-12-11(2)21-16(6,7)17(12)14(19)22-15(3,4)5/h9-12H,8H2,1-7H3/b10-9+/t11-,12-/m1/s1. The second-order valence-corrected chi connectivity index (χ2v) is 6.72. The normalized spacial score (nSPS) is 24.6. The van der Waals surface area contributed by atoms with Gasteiger partial charge in [0.1, 0.15) is 11.3 Å². The van der Waals surface area contributed by atoms with Gasteiger partial charge in [0.15, 0.2) is 0 Å². The van der Waals surface area contributed by atoms with E-state index in [1.807, 2.05) is 27.7 Å². The fraction of sp³-hybridized carbons (Fsp3) is 0.750. The van der Waals surface area contributed by atoms with Gasteiger partial charge in [0.25, 0.3) is 0 Å². The molecule has 1 fully saturated rings. The lowest BCUT2D eigenvalue weighted by Gasteiger charge is -2.34. The van der Waals surface area contributed by atoms with Crippen LogP contribution in [-0.2, 0) is 19.0 Å². The fourth-order valence-electron chi connectivity index (χ4n) is 2.41.